The van der Waals surface area contributed by atoms with E-state index in [1.165, 1.54) is 18.4 Å². The molecule has 1 aromatic carbocycles. The maximum atomic E-state index is 14.7. The van der Waals surface area contributed by atoms with Crippen LogP contribution in [0.1, 0.15) is 67.1 Å². The Kier molecular flexibility index (Phi) is 8.43. The second-order valence-corrected chi connectivity index (χ2v) is 12.3. The quantitative estimate of drug-likeness (QED) is 0.486. The average Bonchev–Trinajstić information content (AvgIpc) is 3.14. The molecule has 0 aliphatic heterocycles. The second kappa shape index (κ2) is 10.7. The van der Waals surface area contributed by atoms with Crippen LogP contribution >= 0.6 is 0 Å². The average molecular weight is 548 g/mol. The molecule has 3 rings (SSSR count). The number of alkyl halides is 3. The molecule has 1 saturated carbocycles. The minimum Gasteiger partial charge on any atom is -0.388 e. The molecule has 1 unspecified atom stereocenters. The number of aryl methyl sites for hydroxylation is 1. The molecule has 1 fully saturated rings. The van der Waals surface area contributed by atoms with Gasteiger partial charge in [0.1, 0.15) is 27.2 Å². The third-order valence-electron chi connectivity index (χ3n) is 7.13. The van der Waals surface area contributed by atoms with Crippen LogP contribution in [0.4, 0.5) is 17.6 Å². The highest BCUT2D eigenvalue weighted by Crippen LogP contribution is 2.32. The van der Waals surface area contributed by atoms with Crippen molar-refractivity contribution < 1.29 is 35.9 Å². The van der Waals surface area contributed by atoms with Crippen molar-refractivity contribution in [3.63, 3.8) is 0 Å². The van der Waals surface area contributed by atoms with Gasteiger partial charge in [-0.1, -0.05) is 19.9 Å². The molecule has 2 aromatic rings. The van der Waals surface area contributed by atoms with Crippen LogP contribution in [-0.4, -0.2) is 58.8 Å². The summed E-state index contributed by atoms with van der Waals surface area (Å²) < 4.78 is 78.5. The Bertz CT molecular complexity index is 1250. The fourth-order valence-corrected chi connectivity index (χ4v) is 5.79. The van der Waals surface area contributed by atoms with Gasteiger partial charge in [-0.3, -0.25) is 4.79 Å². The van der Waals surface area contributed by atoms with Crippen molar-refractivity contribution in [2.45, 2.75) is 76.3 Å². The normalized spacial score (nSPS) is 21.6. The number of sulfone groups is 1. The van der Waals surface area contributed by atoms with Crippen LogP contribution in [0.2, 0.25) is 0 Å². The van der Waals surface area contributed by atoms with Gasteiger partial charge in [0.15, 0.2) is 0 Å². The number of aliphatic hydroxyl groups is 1. The summed E-state index contributed by atoms with van der Waals surface area (Å²) in [4.78, 5) is 17.3. The lowest BCUT2D eigenvalue weighted by atomic mass is 9.84. The number of hydrogen-bond donors (Lipinski definition) is 2. The monoisotopic (exact) mass is 547 g/mol. The highest BCUT2D eigenvalue weighted by atomic mass is 32.2. The lowest BCUT2D eigenvalue weighted by molar-refractivity contribution is -0.169. The Morgan fingerprint density at radius 3 is 2.43 bits per heavy atom. The Morgan fingerprint density at radius 2 is 1.92 bits per heavy atom. The zero-order valence-electron chi connectivity index (χ0n) is 21.3. The number of nitrogens with zero attached hydrogens (tertiary/aromatic N) is 2. The topological polar surface area (TPSA) is 101 Å². The van der Waals surface area contributed by atoms with Gasteiger partial charge in [0, 0.05) is 24.9 Å². The van der Waals surface area contributed by atoms with Gasteiger partial charge < -0.3 is 15.0 Å². The van der Waals surface area contributed by atoms with Gasteiger partial charge in [-0.15, -0.1) is 0 Å². The Morgan fingerprint density at radius 1 is 1.30 bits per heavy atom. The fourth-order valence-electron chi connectivity index (χ4n) is 4.70. The van der Waals surface area contributed by atoms with E-state index in [0.29, 0.717) is 36.5 Å². The standard InChI is InChI=1S/C25H33F4N3O4S/c1-5-21-31-22(23(33)30-14-24(34)10-8-19(9-11-24)37(4,35)36)16(3)32(21)18-7-6-17(20(26)13-18)12-15(2)25(27,28)29/h6-7,13,15,19,34H,5,8-12,14H2,1-4H3,(H,30,33). The largest absolute Gasteiger partial charge is 0.391 e. The lowest BCUT2D eigenvalue weighted by Crippen LogP contribution is -2.47. The summed E-state index contributed by atoms with van der Waals surface area (Å²) in [5.74, 6) is -2.55. The zero-order valence-corrected chi connectivity index (χ0v) is 22.1. The van der Waals surface area contributed by atoms with E-state index in [9.17, 15) is 35.9 Å². The van der Waals surface area contributed by atoms with Crippen molar-refractivity contribution in [1.82, 2.24) is 14.9 Å². The first-order valence-electron chi connectivity index (χ1n) is 12.2. The number of rotatable bonds is 8. The van der Waals surface area contributed by atoms with E-state index in [4.69, 9.17) is 0 Å². The summed E-state index contributed by atoms with van der Waals surface area (Å²) in [6, 6.07) is 3.95. The Labute approximate surface area is 214 Å². The molecule has 12 heteroatoms. The fraction of sp³-hybridized carbons (Fsp3) is 0.600. The van der Waals surface area contributed by atoms with Crippen LogP contribution in [0.5, 0.6) is 0 Å². The van der Waals surface area contributed by atoms with E-state index in [0.717, 1.165) is 13.0 Å². The molecular formula is C25H33F4N3O4S. The summed E-state index contributed by atoms with van der Waals surface area (Å²) in [7, 11) is -3.19. The van der Waals surface area contributed by atoms with Crippen molar-refractivity contribution in [3.8, 4) is 5.69 Å². The number of hydrogen-bond acceptors (Lipinski definition) is 5. The van der Waals surface area contributed by atoms with Crippen LogP contribution in [0.25, 0.3) is 5.69 Å². The van der Waals surface area contributed by atoms with E-state index in [1.54, 1.807) is 18.4 Å². The highest BCUT2D eigenvalue weighted by molar-refractivity contribution is 7.91. The van der Waals surface area contributed by atoms with E-state index in [-0.39, 0.29) is 30.6 Å². The van der Waals surface area contributed by atoms with E-state index < -0.39 is 50.9 Å². The van der Waals surface area contributed by atoms with Crippen LogP contribution in [0, 0.1) is 18.7 Å². The summed E-state index contributed by atoms with van der Waals surface area (Å²) in [6.45, 7) is 4.36. The molecule has 0 bridgehead atoms. The summed E-state index contributed by atoms with van der Waals surface area (Å²) >= 11 is 0. The minimum atomic E-state index is -4.43. The number of nitrogens with one attached hydrogen (secondary N) is 1. The summed E-state index contributed by atoms with van der Waals surface area (Å²) in [5.41, 5.74) is -0.452. The molecule has 1 aliphatic carbocycles. The number of imidazole rings is 1. The number of amides is 1. The molecule has 1 aliphatic rings. The van der Waals surface area contributed by atoms with Crippen LogP contribution in [0.3, 0.4) is 0 Å². The molecule has 1 heterocycles. The first kappa shape index (κ1) is 29.1. The van der Waals surface area contributed by atoms with Gasteiger partial charge >= 0.3 is 6.18 Å². The molecule has 37 heavy (non-hydrogen) atoms. The van der Waals surface area contributed by atoms with Crippen LogP contribution < -0.4 is 5.32 Å². The van der Waals surface area contributed by atoms with Crippen LogP contribution in [-0.2, 0) is 22.7 Å². The number of carbonyl (C=O) groups excluding carboxylic acids is 1. The van der Waals surface area contributed by atoms with E-state index >= 15 is 0 Å². The van der Waals surface area contributed by atoms with Crippen molar-refractivity contribution >= 4 is 15.7 Å². The number of benzene rings is 1. The van der Waals surface area contributed by atoms with Gasteiger partial charge in [0.05, 0.1) is 22.5 Å². The molecule has 1 atom stereocenters. The Hall–Kier alpha value is -2.47. The predicted molar refractivity (Wildman–Crippen MR) is 131 cm³/mol. The molecule has 7 nitrogen and oxygen atoms in total. The smallest absolute Gasteiger partial charge is 0.388 e. The van der Waals surface area contributed by atoms with E-state index in [1.807, 2.05) is 0 Å². The molecule has 2 N–H and O–H groups in total. The number of halogens is 4. The maximum absolute atomic E-state index is 14.7. The second-order valence-electron chi connectivity index (χ2n) is 10.0. The lowest BCUT2D eigenvalue weighted by Gasteiger charge is -2.35. The van der Waals surface area contributed by atoms with Gasteiger partial charge in [0.25, 0.3) is 5.91 Å². The SMILES string of the molecule is CCc1nc(C(=O)NCC2(O)CCC(S(C)(=O)=O)CC2)c(C)n1-c1ccc(CC(C)C(F)(F)F)c(F)c1. The van der Waals surface area contributed by atoms with Crippen LogP contribution in [0.15, 0.2) is 18.2 Å². The van der Waals surface area contributed by atoms with Gasteiger partial charge in [0.2, 0.25) is 0 Å². The molecule has 1 aromatic heterocycles. The highest BCUT2D eigenvalue weighted by Gasteiger charge is 2.38. The van der Waals surface area contributed by atoms with Gasteiger partial charge in [-0.25, -0.2) is 17.8 Å². The first-order valence-corrected chi connectivity index (χ1v) is 14.1. The van der Waals surface area contributed by atoms with Crippen molar-refractivity contribution in [3.05, 3.63) is 46.8 Å². The Balaban J connectivity index is 1.76. The van der Waals surface area contributed by atoms with Crippen molar-refractivity contribution in [1.29, 1.82) is 0 Å². The molecular weight excluding hydrogens is 514 g/mol. The molecule has 0 radical (unpaired) electrons. The van der Waals surface area contributed by atoms with E-state index in [2.05, 4.69) is 10.3 Å². The number of aromatic nitrogens is 2. The molecule has 206 valence electrons. The number of carbonyl (C=O) groups is 1. The third kappa shape index (κ3) is 6.70. The minimum absolute atomic E-state index is 0.0544. The molecule has 0 spiro atoms. The van der Waals surface area contributed by atoms with Gasteiger partial charge in [-0.05, 0) is 56.7 Å². The third-order valence-corrected chi connectivity index (χ3v) is 8.82. The van der Waals surface area contributed by atoms with Crippen molar-refractivity contribution in [2.24, 2.45) is 5.92 Å². The maximum Gasteiger partial charge on any atom is 0.391 e. The first-order chi connectivity index (χ1) is 17.1. The summed E-state index contributed by atoms with van der Waals surface area (Å²) in [5, 5.41) is 13.0. The summed E-state index contributed by atoms with van der Waals surface area (Å²) in [6.07, 6.45) is -2.25. The van der Waals surface area contributed by atoms with Crippen molar-refractivity contribution in [2.75, 3.05) is 12.8 Å². The zero-order chi connectivity index (χ0) is 27.8. The molecule has 1 amide bonds. The predicted octanol–water partition coefficient (Wildman–Crippen LogP) is 4.07. The molecule has 0 saturated heterocycles. The van der Waals surface area contributed by atoms with Gasteiger partial charge in [-0.2, -0.15) is 13.2 Å².